The normalized spacial score (nSPS) is 17.8. The maximum absolute atomic E-state index is 13.2. The molecule has 2 aliphatic rings. The fourth-order valence-electron chi connectivity index (χ4n) is 5.04. The van der Waals surface area contributed by atoms with Gasteiger partial charge in [-0.15, -0.1) is 0 Å². The van der Waals surface area contributed by atoms with E-state index < -0.39 is 0 Å². The van der Waals surface area contributed by atoms with Crippen molar-refractivity contribution in [1.29, 1.82) is 0 Å². The number of nitrogens with zero attached hydrogens (tertiary/aromatic N) is 2. The molecule has 0 atom stereocenters. The van der Waals surface area contributed by atoms with Crippen LogP contribution in [-0.2, 0) is 16.0 Å². The Balaban J connectivity index is 1.43. The molecule has 4 rings (SSSR count). The second-order valence-electron chi connectivity index (χ2n) is 9.97. The Labute approximate surface area is 221 Å². The Hall–Kier alpha value is -2.05. The number of halogens is 2. The molecule has 0 aliphatic carbocycles. The number of ether oxygens (including phenoxy) is 1. The standard InChI is InChI=1S/C28H34BrClN2O3/c1-21-17-23(9-10-25(21)30)35-20-28(19-27(34)31-13-5-2-6-14-31)11-15-32(16-12-28)26(33)18-22-7-3-4-8-24(22)29/h3-4,7-10,17H,2,5-6,11-16,18-20H2,1H3. The first-order chi connectivity index (χ1) is 16.8. The molecule has 2 saturated heterocycles. The summed E-state index contributed by atoms with van der Waals surface area (Å²) in [6, 6.07) is 13.5. The molecule has 0 N–H and O–H groups in total. The lowest BCUT2D eigenvalue weighted by atomic mass is 9.75. The molecule has 2 aromatic rings. The van der Waals surface area contributed by atoms with Crippen LogP contribution in [0.15, 0.2) is 46.9 Å². The van der Waals surface area contributed by atoms with Crippen molar-refractivity contribution in [2.24, 2.45) is 5.41 Å². The summed E-state index contributed by atoms with van der Waals surface area (Å²) in [7, 11) is 0. The van der Waals surface area contributed by atoms with Gasteiger partial charge < -0.3 is 14.5 Å². The average Bonchev–Trinajstić information content (AvgIpc) is 2.87. The molecule has 2 amide bonds. The third kappa shape index (κ3) is 6.79. The van der Waals surface area contributed by atoms with Crippen LogP contribution in [0.5, 0.6) is 5.75 Å². The van der Waals surface area contributed by atoms with Crippen LogP contribution in [0.2, 0.25) is 5.02 Å². The summed E-state index contributed by atoms with van der Waals surface area (Å²) in [5.74, 6) is 1.11. The SMILES string of the molecule is Cc1cc(OCC2(CC(=O)N3CCCCC3)CCN(C(=O)Cc3ccccc3Br)CC2)ccc1Cl. The van der Waals surface area contributed by atoms with Gasteiger partial charge >= 0.3 is 0 Å². The van der Waals surface area contributed by atoms with E-state index in [4.69, 9.17) is 16.3 Å². The Morgan fingerprint density at radius 2 is 1.66 bits per heavy atom. The predicted octanol–water partition coefficient (Wildman–Crippen LogP) is 6.04. The molecule has 188 valence electrons. The maximum atomic E-state index is 13.2. The molecule has 0 unspecified atom stereocenters. The second kappa shape index (κ2) is 11.8. The molecule has 2 aliphatic heterocycles. The third-order valence-corrected chi connectivity index (χ3v) is 8.58. The van der Waals surface area contributed by atoms with E-state index in [9.17, 15) is 9.59 Å². The Morgan fingerprint density at radius 3 is 2.34 bits per heavy atom. The number of hydrogen-bond acceptors (Lipinski definition) is 3. The second-order valence-corrected chi connectivity index (χ2v) is 11.2. The topological polar surface area (TPSA) is 49.9 Å². The fourth-order valence-corrected chi connectivity index (χ4v) is 5.58. The number of benzene rings is 2. The lowest BCUT2D eigenvalue weighted by Crippen LogP contribution is -2.48. The van der Waals surface area contributed by atoms with Crippen molar-refractivity contribution in [2.45, 2.75) is 51.9 Å². The summed E-state index contributed by atoms with van der Waals surface area (Å²) < 4.78 is 7.20. The van der Waals surface area contributed by atoms with Crippen molar-refractivity contribution in [3.05, 3.63) is 63.1 Å². The van der Waals surface area contributed by atoms with Gasteiger partial charge in [0.05, 0.1) is 13.0 Å². The van der Waals surface area contributed by atoms with Crippen LogP contribution >= 0.6 is 27.5 Å². The number of amides is 2. The van der Waals surface area contributed by atoms with E-state index in [0.717, 1.165) is 60.1 Å². The Morgan fingerprint density at radius 1 is 0.971 bits per heavy atom. The summed E-state index contributed by atoms with van der Waals surface area (Å²) >= 11 is 9.73. The van der Waals surface area contributed by atoms with Gasteiger partial charge in [0.2, 0.25) is 11.8 Å². The van der Waals surface area contributed by atoms with E-state index in [1.165, 1.54) is 6.42 Å². The molecule has 5 nitrogen and oxygen atoms in total. The molecule has 0 radical (unpaired) electrons. The quantitative estimate of drug-likeness (QED) is 0.414. The first-order valence-corrected chi connectivity index (χ1v) is 13.7. The van der Waals surface area contributed by atoms with E-state index in [1.54, 1.807) is 0 Å². The number of carbonyl (C=O) groups is 2. The van der Waals surface area contributed by atoms with E-state index in [1.807, 2.05) is 59.2 Å². The minimum atomic E-state index is -0.286. The van der Waals surface area contributed by atoms with Gasteiger partial charge in [0.15, 0.2) is 0 Å². The number of carbonyl (C=O) groups excluding carboxylic acids is 2. The van der Waals surface area contributed by atoms with Crippen molar-refractivity contribution in [3.8, 4) is 5.75 Å². The maximum Gasteiger partial charge on any atom is 0.227 e. The van der Waals surface area contributed by atoms with Crippen molar-refractivity contribution in [1.82, 2.24) is 9.80 Å². The van der Waals surface area contributed by atoms with E-state index in [0.29, 0.717) is 37.6 Å². The largest absolute Gasteiger partial charge is 0.493 e. The lowest BCUT2D eigenvalue weighted by Gasteiger charge is -2.42. The Bertz CT molecular complexity index is 1050. The summed E-state index contributed by atoms with van der Waals surface area (Å²) in [4.78, 5) is 30.2. The summed E-state index contributed by atoms with van der Waals surface area (Å²) in [6.45, 7) is 5.39. The molecule has 7 heteroatoms. The van der Waals surface area contributed by atoms with Gasteiger partial charge in [-0.05, 0) is 74.4 Å². The molecule has 2 heterocycles. The monoisotopic (exact) mass is 560 g/mol. The third-order valence-electron chi connectivity index (χ3n) is 7.39. The predicted molar refractivity (Wildman–Crippen MR) is 143 cm³/mol. The number of likely N-dealkylation sites (tertiary alicyclic amines) is 2. The van der Waals surface area contributed by atoms with E-state index in [2.05, 4.69) is 15.9 Å². The summed E-state index contributed by atoms with van der Waals surface area (Å²) in [5.41, 5.74) is 1.68. The lowest BCUT2D eigenvalue weighted by molar-refractivity contribution is -0.138. The van der Waals surface area contributed by atoms with E-state index >= 15 is 0 Å². The van der Waals surface area contributed by atoms with Gasteiger partial charge in [-0.3, -0.25) is 9.59 Å². The van der Waals surface area contributed by atoms with E-state index in [-0.39, 0.29) is 17.2 Å². The Kier molecular flexibility index (Phi) is 8.77. The number of hydrogen-bond donors (Lipinski definition) is 0. The van der Waals surface area contributed by atoms with Crippen LogP contribution in [0.4, 0.5) is 0 Å². The number of rotatable bonds is 7. The van der Waals surface area contributed by atoms with Crippen LogP contribution in [0.25, 0.3) is 0 Å². The minimum Gasteiger partial charge on any atom is -0.493 e. The van der Waals surface area contributed by atoms with Gasteiger partial charge in [-0.25, -0.2) is 0 Å². The first kappa shape index (κ1) is 26.0. The molecule has 35 heavy (non-hydrogen) atoms. The minimum absolute atomic E-state index is 0.127. The molecular formula is C28H34BrClN2O3. The summed E-state index contributed by atoms with van der Waals surface area (Å²) in [5, 5.41) is 0.712. The first-order valence-electron chi connectivity index (χ1n) is 12.5. The molecule has 0 bridgehead atoms. The van der Waals surface area contributed by atoms with Gasteiger partial charge in [0.25, 0.3) is 0 Å². The van der Waals surface area contributed by atoms with Crippen LogP contribution in [-0.4, -0.2) is 54.4 Å². The molecule has 2 fully saturated rings. The smallest absolute Gasteiger partial charge is 0.227 e. The zero-order chi connectivity index (χ0) is 24.8. The highest BCUT2D eigenvalue weighted by atomic mass is 79.9. The zero-order valence-corrected chi connectivity index (χ0v) is 22.7. The fraction of sp³-hybridized carbons (Fsp3) is 0.500. The van der Waals surface area contributed by atoms with Gasteiger partial charge in [0.1, 0.15) is 5.75 Å². The van der Waals surface area contributed by atoms with Crippen molar-refractivity contribution in [2.75, 3.05) is 32.8 Å². The van der Waals surface area contributed by atoms with Crippen molar-refractivity contribution in [3.63, 3.8) is 0 Å². The molecule has 0 saturated carbocycles. The molecular weight excluding hydrogens is 528 g/mol. The molecule has 2 aromatic carbocycles. The van der Waals surface area contributed by atoms with Crippen LogP contribution in [0.1, 0.15) is 49.7 Å². The summed E-state index contributed by atoms with van der Waals surface area (Å²) in [6.07, 6.45) is 5.70. The highest BCUT2D eigenvalue weighted by Gasteiger charge is 2.40. The van der Waals surface area contributed by atoms with Crippen LogP contribution in [0, 0.1) is 12.3 Å². The molecule has 0 spiro atoms. The number of aryl methyl sites for hydroxylation is 1. The average molecular weight is 562 g/mol. The highest BCUT2D eigenvalue weighted by Crippen LogP contribution is 2.37. The van der Waals surface area contributed by atoms with Crippen LogP contribution < -0.4 is 4.74 Å². The number of piperidine rings is 2. The van der Waals surface area contributed by atoms with Crippen molar-refractivity contribution < 1.29 is 14.3 Å². The van der Waals surface area contributed by atoms with Gasteiger partial charge in [0, 0.05) is 47.5 Å². The van der Waals surface area contributed by atoms with Gasteiger partial charge in [-0.1, -0.05) is 45.7 Å². The van der Waals surface area contributed by atoms with Crippen molar-refractivity contribution >= 4 is 39.3 Å². The zero-order valence-electron chi connectivity index (χ0n) is 20.4. The van der Waals surface area contributed by atoms with Crippen LogP contribution in [0.3, 0.4) is 0 Å². The van der Waals surface area contributed by atoms with Gasteiger partial charge in [-0.2, -0.15) is 0 Å². The molecule has 0 aromatic heterocycles. The highest BCUT2D eigenvalue weighted by molar-refractivity contribution is 9.10.